The molecule has 0 atom stereocenters. The summed E-state index contributed by atoms with van der Waals surface area (Å²) < 4.78 is 28.4. The maximum Gasteiger partial charge on any atom is 0.387 e. The summed E-state index contributed by atoms with van der Waals surface area (Å²) in [6.45, 7) is 1.20. The molecule has 0 fully saturated rings. The molecule has 0 aromatic carbocycles. The van der Waals surface area contributed by atoms with Gasteiger partial charge in [-0.15, -0.1) is 11.8 Å². The van der Waals surface area contributed by atoms with E-state index in [0.717, 1.165) is 5.69 Å². The van der Waals surface area contributed by atoms with Crippen LogP contribution >= 0.6 is 11.8 Å². The van der Waals surface area contributed by atoms with Gasteiger partial charge in [0.2, 0.25) is 0 Å². The molecule has 0 aliphatic heterocycles. The first-order valence-corrected chi connectivity index (χ1v) is 5.75. The first-order chi connectivity index (χ1) is 7.04. The van der Waals surface area contributed by atoms with Gasteiger partial charge in [0.25, 0.3) is 0 Å². The van der Waals surface area contributed by atoms with E-state index in [1.54, 1.807) is 6.07 Å². The number of pyridine rings is 1. The van der Waals surface area contributed by atoms with E-state index in [0.29, 0.717) is 4.90 Å². The third-order valence-electron chi connectivity index (χ3n) is 1.88. The van der Waals surface area contributed by atoms with Crippen molar-refractivity contribution in [2.45, 2.75) is 31.3 Å². The van der Waals surface area contributed by atoms with E-state index in [9.17, 15) is 8.78 Å². The summed E-state index contributed by atoms with van der Waals surface area (Å²) in [5.74, 6) is 0.415. The molecular formula is C10H13F2NOS. The molecule has 0 aliphatic carbocycles. The lowest BCUT2D eigenvalue weighted by Crippen LogP contribution is -2.04. The molecule has 1 aromatic heterocycles. The summed E-state index contributed by atoms with van der Waals surface area (Å²) in [6, 6.07) is 1.78. The largest absolute Gasteiger partial charge is 0.432 e. The van der Waals surface area contributed by atoms with Crippen molar-refractivity contribution in [2.75, 3.05) is 6.26 Å². The first-order valence-electron chi connectivity index (χ1n) is 4.53. The Balaban J connectivity index is 2.98. The van der Waals surface area contributed by atoms with Gasteiger partial charge in [0, 0.05) is 5.69 Å². The normalized spacial score (nSPS) is 11.1. The van der Waals surface area contributed by atoms with Gasteiger partial charge in [0.05, 0.1) is 11.1 Å². The Hall–Kier alpha value is -0.840. The number of nitrogens with zero attached hydrogens (tertiary/aromatic N) is 1. The molecule has 0 amide bonds. The van der Waals surface area contributed by atoms with Crippen molar-refractivity contribution < 1.29 is 13.5 Å². The first kappa shape index (κ1) is 12.2. The molecule has 0 bridgehead atoms. The van der Waals surface area contributed by atoms with Gasteiger partial charge in [-0.25, -0.2) is 0 Å². The van der Waals surface area contributed by atoms with Crippen LogP contribution < -0.4 is 4.74 Å². The molecule has 0 aliphatic rings. The third-order valence-corrected chi connectivity index (χ3v) is 2.64. The SMILES string of the molecule is CSc1cc(C(C)C)ncc1OC(F)F. The summed E-state index contributed by atoms with van der Waals surface area (Å²) in [4.78, 5) is 4.76. The lowest BCUT2D eigenvalue weighted by Gasteiger charge is -2.11. The Morgan fingerprint density at radius 2 is 2.07 bits per heavy atom. The van der Waals surface area contributed by atoms with E-state index >= 15 is 0 Å². The zero-order chi connectivity index (χ0) is 11.4. The Morgan fingerprint density at radius 1 is 1.40 bits per heavy atom. The van der Waals surface area contributed by atoms with Crippen LogP contribution in [-0.2, 0) is 0 Å². The lowest BCUT2D eigenvalue weighted by atomic mass is 10.1. The van der Waals surface area contributed by atoms with Crippen LogP contribution in [0.4, 0.5) is 8.78 Å². The Kier molecular flexibility index (Phi) is 4.32. The van der Waals surface area contributed by atoms with Crippen LogP contribution in [-0.4, -0.2) is 17.9 Å². The minimum atomic E-state index is -2.80. The van der Waals surface area contributed by atoms with Gasteiger partial charge in [-0.2, -0.15) is 8.78 Å². The number of halogens is 2. The number of thioether (sulfide) groups is 1. The monoisotopic (exact) mass is 233 g/mol. The van der Waals surface area contributed by atoms with Gasteiger partial charge in [-0.3, -0.25) is 4.98 Å². The quantitative estimate of drug-likeness (QED) is 0.743. The zero-order valence-corrected chi connectivity index (χ0v) is 9.65. The third kappa shape index (κ3) is 3.34. The molecule has 0 saturated heterocycles. The van der Waals surface area contributed by atoms with Crippen molar-refractivity contribution in [1.82, 2.24) is 4.98 Å². The predicted molar refractivity (Wildman–Crippen MR) is 56.7 cm³/mol. The number of ether oxygens (including phenoxy) is 1. The predicted octanol–water partition coefficient (Wildman–Crippen LogP) is 3.53. The molecule has 0 saturated carbocycles. The van der Waals surface area contributed by atoms with E-state index in [1.807, 2.05) is 20.1 Å². The summed E-state index contributed by atoms with van der Waals surface area (Å²) in [5, 5.41) is 0. The number of hydrogen-bond donors (Lipinski definition) is 0. The molecule has 1 aromatic rings. The lowest BCUT2D eigenvalue weighted by molar-refractivity contribution is -0.0519. The van der Waals surface area contributed by atoms with Crippen molar-refractivity contribution >= 4 is 11.8 Å². The van der Waals surface area contributed by atoms with Crippen LogP contribution in [0.25, 0.3) is 0 Å². The Morgan fingerprint density at radius 3 is 2.53 bits per heavy atom. The van der Waals surface area contributed by atoms with Gasteiger partial charge in [0.15, 0.2) is 5.75 Å². The highest BCUT2D eigenvalue weighted by atomic mass is 32.2. The second kappa shape index (κ2) is 5.30. The van der Waals surface area contributed by atoms with Crippen molar-refractivity contribution in [3.05, 3.63) is 18.0 Å². The highest BCUT2D eigenvalue weighted by molar-refractivity contribution is 7.98. The van der Waals surface area contributed by atoms with Gasteiger partial charge in [0.1, 0.15) is 0 Å². The van der Waals surface area contributed by atoms with Crippen molar-refractivity contribution in [3.63, 3.8) is 0 Å². The van der Waals surface area contributed by atoms with Crippen molar-refractivity contribution in [1.29, 1.82) is 0 Å². The molecule has 2 nitrogen and oxygen atoms in total. The fraction of sp³-hybridized carbons (Fsp3) is 0.500. The van der Waals surface area contributed by atoms with Crippen LogP contribution in [0.1, 0.15) is 25.5 Å². The van der Waals surface area contributed by atoms with Crippen LogP contribution in [0, 0.1) is 0 Å². The van der Waals surface area contributed by atoms with Gasteiger partial charge >= 0.3 is 6.61 Å². The fourth-order valence-corrected chi connectivity index (χ4v) is 1.64. The van der Waals surface area contributed by atoms with E-state index in [-0.39, 0.29) is 11.7 Å². The van der Waals surface area contributed by atoms with Crippen LogP contribution in [0.5, 0.6) is 5.75 Å². The number of aromatic nitrogens is 1. The zero-order valence-electron chi connectivity index (χ0n) is 8.83. The highest BCUT2D eigenvalue weighted by Crippen LogP contribution is 2.30. The molecule has 1 heterocycles. The number of alkyl halides is 2. The highest BCUT2D eigenvalue weighted by Gasteiger charge is 2.11. The summed E-state index contributed by atoms with van der Waals surface area (Å²) in [5.41, 5.74) is 0.876. The van der Waals surface area contributed by atoms with Crippen LogP contribution in [0.15, 0.2) is 17.2 Å². The Bertz CT molecular complexity index is 331. The average Bonchev–Trinajstić information content (AvgIpc) is 2.17. The molecule has 84 valence electrons. The number of rotatable bonds is 4. The van der Waals surface area contributed by atoms with Crippen LogP contribution in [0.3, 0.4) is 0 Å². The standard InChI is InChI=1S/C10H13F2NOS/c1-6(2)7-4-9(15-3)8(5-13-7)14-10(11)12/h4-6,10H,1-3H3. The minimum Gasteiger partial charge on any atom is -0.432 e. The molecule has 0 radical (unpaired) electrons. The molecule has 15 heavy (non-hydrogen) atoms. The fourth-order valence-electron chi connectivity index (χ4n) is 1.10. The van der Waals surface area contributed by atoms with Crippen molar-refractivity contribution in [2.24, 2.45) is 0 Å². The molecular weight excluding hydrogens is 220 g/mol. The molecule has 0 spiro atoms. The summed E-state index contributed by atoms with van der Waals surface area (Å²) >= 11 is 1.37. The second-order valence-corrected chi connectivity index (χ2v) is 4.14. The maximum atomic E-state index is 12.0. The van der Waals surface area contributed by atoms with Gasteiger partial charge < -0.3 is 4.74 Å². The molecule has 5 heteroatoms. The molecule has 0 unspecified atom stereocenters. The number of hydrogen-bond acceptors (Lipinski definition) is 3. The minimum absolute atomic E-state index is 0.141. The van der Waals surface area contributed by atoms with Gasteiger partial charge in [-0.1, -0.05) is 13.8 Å². The maximum absolute atomic E-state index is 12.0. The summed E-state index contributed by atoms with van der Waals surface area (Å²) in [7, 11) is 0. The van der Waals surface area contributed by atoms with Crippen molar-refractivity contribution in [3.8, 4) is 5.75 Å². The second-order valence-electron chi connectivity index (χ2n) is 3.29. The topological polar surface area (TPSA) is 22.1 Å². The molecule has 0 N–H and O–H groups in total. The smallest absolute Gasteiger partial charge is 0.387 e. The van der Waals surface area contributed by atoms with E-state index < -0.39 is 6.61 Å². The van der Waals surface area contributed by atoms with E-state index in [2.05, 4.69) is 9.72 Å². The Labute approximate surface area is 92.0 Å². The van der Waals surface area contributed by atoms with E-state index in [1.165, 1.54) is 18.0 Å². The molecule has 1 rings (SSSR count). The van der Waals surface area contributed by atoms with Gasteiger partial charge in [-0.05, 0) is 18.2 Å². The summed E-state index contributed by atoms with van der Waals surface area (Å²) in [6.07, 6.45) is 3.17. The van der Waals surface area contributed by atoms with E-state index in [4.69, 9.17) is 0 Å². The van der Waals surface area contributed by atoms with Crippen LogP contribution in [0.2, 0.25) is 0 Å². The average molecular weight is 233 g/mol.